The van der Waals surface area contributed by atoms with Gasteiger partial charge < -0.3 is 9.64 Å². The van der Waals surface area contributed by atoms with Gasteiger partial charge in [-0.05, 0) is 56.1 Å². The standard InChI is InChI=1S/C20H27NO2S/c1-15-5-6-17(16(2)12-15)7-8-20(22)21(18-9-11-24-14-18)13-19-4-3-10-23-19/h5-8,12,18-19H,3-4,9-11,13-14H2,1-2H3/b8-7+/t18-,19+/m1/s1. The highest BCUT2D eigenvalue weighted by Gasteiger charge is 2.29. The molecule has 0 radical (unpaired) electrons. The summed E-state index contributed by atoms with van der Waals surface area (Å²) in [6, 6.07) is 6.69. The molecule has 2 fully saturated rings. The summed E-state index contributed by atoms with van der Waals surface area (Å²) >= 11 is 1.95. The van der Waals surface area contributed by atoms with Crippen molar-refractivity contribution in [2.75, 3.05) is 24.7 Å². The fraction of sp³-hybridized carbons (Fsp3) is 0.550. The zero-order chi connectivity index (χ0) is 16.9. The highest BCUT2D eigenvalue weighted by molar-refractivity contribution is 7.99. The van der Waals surface area contributed by atoms with Crippen molar-refractivity contribution in [2.45, 2.75) is 45.3 Å². The largest absolute Gasteiger partial charge is 0.376 e. The predicted octanol–water partition coefficient (Wildman–Crippen LogP) is 3.83. The van der Waals surface area contributed by atoms with E-state index in [-0.39, 0.29) is 12.0 Å². The lowest BCUT2D eigenvalue weighted by molar-refractivity contribution is -0.129. The number of hydrogen-bond donors (Lipinski definition) is 0. The van der Waals surface area contributed by atoms with Crippen LogP contribution in [0.5, 0.6) is 0 Å². The first-order valence-corrected chi connectivity index (χ1v) is 10.0. The molecule has 0 unspecified atom stereocenters. The summed E-state index contributed by atoms with van der Waals surface area (Å²) in [5.74, 6) is 2.33. The summed E-state index contributed by atoms with van der Waals surface area (Å²) in [7, 11) is 0. The quantitative estimate of drug-likeness (QED) is 0.760. The van der Waals surface area contributed by atoms with Crippen LogP contribution in [0.15, 0.2) is 24.3 Å². The molecular weight excluding hydrogens is 318 g/mol. The van der Waals surface area contributed by atoms with Crippen molar-refractivity contribution < 1.29 is 9.53 Å². The molecule has 1 amide bonds. The lowest BCUT2D eigenvalue weighted by Crippen LogP contribution is -2.44. The van der Waals surface area contributed by atoms with Crippen molar-refractivity contribution in [2.24, 2.45) is 0 Å². The minimum atomic E-state index is 0.123. The van der Waals surface area contributed by atoms with Crippen molar-refractivity contribution >= 4 is 23.7 Å². The Morgan fingerprint density at radius 1 is 1.38 bits per heavy atom. The normalized spacial score (nSPS) is 23.9. The summed E-state index contributed by atoms with van der Waals surface area (Å²) < 4.78 is 5.76. The van der Waals surface area contributed by atoms with Crippen molar-refractivity contribution in [1.82, 2.24) is 4.90 Å². The first-order valence-electron chi connectivity index (χ1n) is 8.89. The topological polar surface area (TPSA) is 29.5 Å². The average molecular weight is 346 g/mol. The van der Waals surface area contributed by atoms with Gasteiger partial charge >= 0.3 is 0 Å². The van der Waals surface area contributed by atoms with Gasteiger partial charge in [-0.25, -0.2) is 0 Å². The molecule has 1 aromatic carbocycles. The number of benzene rings is 1. The number of carbonyl (C=O) groups excluding carboxylic acids is 1. The zero-order valence-electron chi connectivity index (χ0n) is 14.7. The van der Waals surface area contributed by atoms with Crippen LogP contribution in [0.2, 0.25) is 0 Å². The molecule has 130 valence electrons. The number of carbonyl (C=O) groups is 1. The lowest BCUT2D eigenvalue weighted by Gasteiger charge is -2.29. The van der Waals surface area contributed by atoms with E-state index in [1.54, 1.807) is 6.08 Å². The van der Waals surface area contributed by atoms with Gasteiger partial charge in [0.25, 0.3) is 0 Å². The second-order valence-corrected chi connectivity index (χ2v) is 7.99. The summed E-state index contributed by atoms with van der Waals surface area (Å²) in [6.07, 6.45) is 7.21. The van der Waals surface area contributed by atoms with Gasteiger partial charge in [0, 0.05) is 31.0 Å². The zero-order valence-corrected chi connectivity index (χ0v) is 15.5. The van der Waals surface area contributed by atoms with Gasteiger partial charge in [-0.1, -0.05) is 23.8 Å². The summed E-state index contributed by atoms with van der Waals surface area (Å²) in [4.78, 5) is 14.9. The Labute approximate surface area is 149 Å². The molecule has 2 aliphatic heterocycles. The minimum absolute atomic E-state index is 0.123. The maximum atomic E-state index is 12.8. The molecule has 0 bridgehead atoms. The monoisotopic (exact) mass is 345 g/mol. The van der Waals surface area contributed by atoms with Gasteiger partial charge in [0.2, 0.25) is 5.91 Å². The van der Waals surface area contributed by atoms with E-state index < -0.39 is 0 Å². The Kier molecular flexibility index (Phi) is 6.01. The molecule has 2 aliphatic rings. The van der Waals surface area contributed by atoms with E-state index in [9.17, 15) is 4.79 Å². The highest BCUT2D eigenvalue weighted by Crippen LogP contribution is 2.25. The Morgan fingerprint density at radius 2 is 2.25 bits per heavy atom. The number of nitrogens with zero attached hydrogens (tertiary/aromatic N) is 1. The Bertz CT molecular complexity index is 602. The maximum Gasteiger partial charge on any atom is 0.246 e. The van der Waals surface area contributed by atoms with Crippen LogP contribution in [-0.4, -0.2) is 47.6 Å². The van der Waals surface area contributed by atoms with Crippen LogP contribution >= 0.6 is 11.8 Å². The van der Waals surface area contributed by atoms with Crippen LogP contribution in [0, 0.1) is 13.8 Å². The third-order valence-electron chi connectivity index (χ3n) is 4.88. The Morgan fingerprint density at radius 3 is 2.92 bits per heavy atom. The number of aryl methyl sites for hydroxylation is 2. The molecule has 3 nitrogen and oxygen atoms in total. The van der Waals surface area contributed by atoms with Crippen molar-refractivity contribution in [1.29, 1.82) is 0 Å². The van der Waals surface area contributed by atoms with E-state index in [0.717, 1.165) is 49.5 Å². The average Bonchev–Trinajstić information content (AvgIpc) is 3.25. The van der Waals surface area contributed by atoms with Gasteiger partial charge in [-0.3, -0.25) is 4.79 Å². The molecule has 3 rings (SSSR count). The van der Waals surface area contributed by atoms with Crippen LogP contribution in [0.25, 0.3) is 6.08 Å². The van der Waals surface area contributed by atoms with E-state index in [4.69, 9.17) is 4.74 Å². The molecule has 2 saturated heterocycles. The Hall–Kier alpha value is -1.26. The molecule has 24 heavy (non-hydrogen) atoms. The maximum absolute atomic E-state index is 12.8. The van der Waals surface area contributed by atoms with Crippen LogP contribution in [0.3, 0.4) is 0 Å². The van der Waals surface area contributed by atoms with Gasteiger partial charge in [0.05, 0.1) is 6.10 Å². The molecule has 2 atom stereocenters. The van der Waals surface area contributed by atoms with Crippen LogP contribution < -0.4 is 0 Å². The second-order valence-electron chi connectivity index (χ2n) is 6.84. The predicted molar refractivity (Wildman–Crippen MR) is 101 cm³/mol. The molecule has 0 aliphatic carbocycles. The number of amides is 1. The molecule has 0 saturated carbocycles. The molecule has 0 N–H and O–H groups in total. The minimum Gasteiger partial charge on any atom is -0.376 e. The van der Waals surface area contributed by atoms with Gasteiger partial charge in [0.15, 0.2) is 0 Å². The Balaban J connectivity index is 1.70. The van der Waals surface area contributed by atoms with Gasteiger partial charge in [-0.15, -0.1) is 0 Å². The number of rotatable bonds is 5. The molecule has 0 aromatic heterocycles. The van der Waals surface area contributed by atoms with Crippen LogP contribution in [0.4, 0.5) is 0 Å². The third kappa shape index (κ3) is 4.42. The second kappa shape index (κ2) is 8.21. The number of hydrogen-bond acceptors (Lipinski definition) is 3. The molecular formula is C20H27NO2S. The fourth-order valence-electron chi connectivity index (χ4n) is 3.46. The van der Waals surface area contributed by atoms with E-state index in [0.29, 0.717) is 6.04 Å². The van der Waals surface area contributed by atoms with Crippen molar-refractivity contribution in [3.63, 3.8) is 0 Å². The van der Waals surface area contributed by atoms with Crippen molar-refractivity contribution in [3.8, 4) is 0 Å². The molecule has 0 spiro atoms. The van der Waals surface area contributed by atoms with Gasteiger partial charge in [-0.2, -0.15) is 11.8 Å². The van der Waals surface area contributed by atoms with Crippen LogP contribution in [-0.2, 0) is 9.53 Å². The van der Waals surface area contributed by atoms with E-state index in [1.165, 1.54) is 11.1 Å². The number of thioether (sulfide) groups is 1. The molecule has 1 aromatic rings. The SMILES string of the molecule is Cc1ccc(/C=C/C(=O)N(C[C@@H]2CCCO2)[C@@H]2CCSC2)c(C)c1. The van der Waals surface area contributed by atoms with Crippen LogP contribution in [0.1, 0.15) is 36.0 Å². The molecule has 4 heteroatoms. The smallest absolute Gasteiger partial charge is 0.246 e. The van der Waals surface area contributed by atoms with E-state index in [2.05, 4.69) is 36.9 Å². The number of ether oxygens (including phenoxy) is 1. The molecule has 2 heterocycles. The van der Waals surface area contributed by atoms with Crippen molar-refractivity contribution in [3.05, 3.63) is 41.0 Å². The van der Waals surface area contributed by atoms with E-state index in [1.807, 2.05) is 17.8 Å². The first-order chi connectivity index (χ1) is 11.6. The lowest BCUT2D eigenvalue weighted by atomic mass is 10.1. The summed E-state index contributed by atoms with van der Waals surface area (Å²) in [6.45, 7) is 5.76. The van der Waals surface area contributed by atoms with E-state index >= 15 is 0 Å². The third-order valence-corrected chi connectivity index (χ3v) is 6.03. The summed E-state index contributed by atoms with van der Waals surface area (Å²) in [5, 5.41) is 0. The van der Waals surface area contributed by atoms with Gasteiger partial charge in [0.1, 0.15) is 0 Å². The first kappa shape index (κ1) is 17.6. The fourth-order valence-corrected chi connectivity index (χ4v) is 4.69. The highest BCUT2D eigenvalue weighted by atomic mass is 32.2. The summed E-state index contributed by atoms with van der Waals surface area (Å²) in [5.41, 5.74) is 3.58.